The first-order chi connectivity index (χ1) is 16.4. The molecule has 5 atom stereocenters. The number of carbonyl (C=O) groups excluding carboxylic acids is 2. The number of likely N-dealkylation sites (N-methyl/N-ethyl adjacent to an activating group) is 1. The van der Waals surface area contributed by atoms with E-state index >= 15 is 0 Å². The molecule has 5 rings (SSSR count). The smallest absolute Gasteiger partial charge is 0.408 e. The lowest BCUT2D eigenvalue weighted by atomic mass is 9.50. The molecular weight excluding hydrogens is 452 g/mol. The molecule has 1 fully saturated rings. The zero-order valence-electron chi connectivity index (χ0n) is 20.9. The lowest BCUT2D eigenvalue weighted by Crippen LogP contribution is -2.74. The number of nitrogens with zero attached hydrogens (tertiary/aromatic N) is 1. The van der Waals surface area contributed by atoms with E-state index in [1.165, 1.54) is 6.92 Å². The van der Waals surface area contributed by atoms with Crippen LogP contribution in [0.25, 0.3) is 0 Å². The first-order valence-corrected chi connectivity index (χ1v) is 12.2. The number of carbonyl (C=O) groups is 2. The van der Waals surface area contributed by atoms with Gasteiger partial charge in [0.2, 0.25) is 0 Å². The lowest BCUT2D eigenvalue weighted by molar-refractivity contribution is -0.169. The largest absolute Gasteiger partial charge is 0.481 e. The average Bonchev–Trinajstić information content (AvgIpc) is 3.12. The Morgan fingerprint density at radius 3 is 2.77 bits per heavy atom. The number of ether oxygens (including phenoxy) is 3. The maximum Gasteiger partial charge on any atom is 0.408 e. The molecule has 1 saturated heterocycles. The highest BCUT2D eigenvalue weighted by Gasteiger charge is 2.71. The second-order valence-electron chi connectivity index (χ2n) is 11.2. The molecule has 190 valence electrons. The van der Waals surface area contributed by atoms with Crippen LogP contribution in [0.5, 0.6) is 5.75 Å². The summed E-state index contributed by atoms with van der Waals surface area (Å²) in [6.07, 6.45) is 1.93. The van der Waals surface area contributed by atoms with Crippen molar-refractivity contribution in [3.05, 3.63) is 40.7 Å². The fourth-order valence-corrected chi connectivity index (χ4v) is 6.38. The van der Waals surface area contributed by atoms with E-state index in [9.17, 15) is 19.8 Å². The minimum atomic E-state index is -1.10. The summed E-state index contributed by atoms with van der Waals surface area (Å²) in [4.78, 5) is 27.3. The second kappa shape index (κ2) is 7.94. The normalized spacial score (nSPS) is 31.6. The van der Waals surface area contributed by atoms with Gasteiger partial charge in [0.1, 0.15) is 23.2 Å². The first kappa shape index (κ1) is 24.1. The Labute approximate surface area is 205 Å². The number of rotatable bonds is 4. The highest BCUT2D eigenvalue weighted by Crippen LogP contribution is 2.64. The van der Waals surface area contributed by atoms with E-state index in [2.05, 4.69) is 10.2 Å². The molecule has 1 aromatic carbocycles. The molecule has 2 heterocycles. The number of aliphatic hydroxyl groups is 2. The molecule has 0 saturated carbocycles. The Bertz CT molecular complexity index is 1110. The molecule has 1 spiro atoms. The van der Waals surface area contributed by atoms with Crippen molar-refractivity contribution in [2.24, 2.45) is 0 Å². The highest BCUT2D eigenvalue weighted by atomic mass is 16.6. The molecule has 35 heavy (non-hydrogen) atoms. The van der Waals surface area contributed by atoms with Crippen molar-refractivity contribution in [3.63, 3.8) is 0 Å². The zero-order valence-corrected chi connectivity index (χ0v) is 20.9. The molecule has 0 radical (unpaired) electrons. The van der Waals surface area contributed by atoms with E-state index < -0.39 is 40.8 Å². The maximum atomic E-state index is 13.0. The third-order valence-electron chi connectivity index (χ3n) is 7.93. The summed E-state index contributed by atoms with van der Waals surface area (Å²) in [5.41, 5.74) is 0.0897. The van der Waals surface area contributed by atoms with Crippen molar-refractivity contribution in [1.82, 2.24) is 10.2 Å². The zero-order chi connectivity index (χ0) is 25.3. The van der Waals surface area contributed by atoms with E-state index in [4.69, 9.17) is 14.2 Å². The van der Waals surface area contributed by atoms with Gasteiger partial charge >= 0.3 is 12.1 Å². The monoisotopic (exact) mass is 486 g/mol. The predicted octanol–water partition coefficient (Wildman–Crippen LogP) is 1.91. The summed E-state index contributed by atoms with van der Waals surface area (Å²) >= 11 is 0. The van der Waals surface area contributed by atoms with E-state index in [1.807, 2.05) is 19.2 Å². The molecule has 2 aliphatic carbocycles. The van der Waals surface area contributed by atoms with Gasteiger partial charge in [-0.05, 0) is 65.8 Å². The lowest BCUT2D eigenvalue weighted by Gasteiger charge is -2.61. The Morgan fingerprint density at radius 1 is 1.34 bits per heavy atom. The summed E-state index contributed by atoms with van der Waals surface area (Å²) in [5, 5.41) is 24.7. The fraction of sp³-hybridized carbons (Fsp3) is 0.615. The Morgan fingerprint density at radius 2 is 2.09 bits per heavy atom. The molecule has 2 bridgehead atoms. The van der Waals surface area contributed by atoms with E-state index in [0.717, 1.165) is 17.7 Å². The minimum Gasteiger partial charge on any atom is -0.481 e. The summed E-state index contributed by atoms with van der Waals surface area (Å²) in [7, 11) is 2.03. The van der Waals surface area contributed by atoms with Crippen molar-refractivity contribution >= 4 is 12.1 Å². The van der Waals surface area contributed by atoms with Crippen molar-refractivity contribution in [3.8, 4) is 5.75 Å². The third-order valence-corrected chi connectivity index (χ3v) is 7.93. The molecule has 9 nitrogen and oxygen atoms in total. The second-order valence-corrected chi connectivity index (χ2v) is 11.2. The summed E-state index contributed by atoms with van der Waals surface area (Å²) in [6.45, 7) is 7.32. The number of benzene rings is 1. The van der Waals surface area contributed by atoms with E-state index in [-0.39, 0.29) is 12.6 Å². The van der Waals surface area contributed by atoms with Crippen LogP contribution in [0.2, 0.25) is 0 Å². The predicted molar refractivity (Wildman–Crippen MR) is 126 cm³/mol. The van der Waals surface area contributed by atoms with Gasteiger partial charge in [-0.2, -0.15) is 0 Å². The van der Waals surface area contributed by atoms with Crippen molar-refractivity contribution in [1.29, 1.82) is 0 Å². The standard InChI is InChI=1S/C26H34N2O7/c1-14(27-23(31)35-24(2,3)4)22(30)33-17-8-9-26(32)18-12-15-6-7-16(13-29)20-19(15)25(26,21(17)34-20)10-11-28(18)5/h6-8,14,18,21,29,32H,9-13H2,1-5H3,(H,27,31)/t14-,18+,21-,25-,26+/m0/s1. The van der Waals surface area contributed by atoms with Crippen molar-refractivity contribution in [2.45, 2.75) is 88.4 Å². The molecular formula is C26H34N2O7. The van der Waals surface area contributed by atoms with Crippen LogP contribution in [0.3, 0.4) is 0 Å². The van der Waals surface area contributed by atoms with Gasteiger partial charge in [0.25, 0.3) is 0 Å². The van der Waals surface area contributed by atoms with Crippen LogP contribution in [-0.4, -0.2) is 70.2 Å². The fourth-order valence-electron chi connectivity index (χ4n) is 6.38. The quantitative estimate of drug-likeness (QED) is 0.553. The van der Waals surface area contributed by atoms with Crippen LogP contribution in [0.15, 0.2) is 24.0 Å². The number of hydrogen-bond acceptors (Lipinski definition) is 8. The van der Waals surface area contributed by atoms with Gasteiger partial charge in [-0.3, -0.25) is 0 Å². The van der Waals surface area contributed by atoms with E-state index in [1.54, 1.807) is 26.8 Å². The van der Waals surface area contributed by atoms with Gasteiger partial charge in [0.05, 0.1) is 17.6 Å². The Kier molecular flexibility index (Phi) is 5.47. The summed E-state index contributed by atoms with van der Waals surface area (Å²) in [6, 6.07) is 2.82. The number of esters is 1. The molecule has 1 aromatic rings. The van der Waals surface area contributed by atoms with Crippen LogP contribution in [-0.2, 0) is 32.7 Å². The van der Waals surface area contributed by atoms with E-state index in [0.29, 0.717) is 36.3 Å². The SMILES string of the molecule is C[C@H](NC(=O)OC(C)(C)C)C(=O)OC1=CC[C@@]2(O)[C@H]3Cc4ccc(CO)c5c4[C@@]2(CCN3C)[C@H]1O5. The maximum absolute atomic E-state index is 13.0. The molecule has 9 heteroatoms. The molecule has 0 aromatic heterocycles. The van der Waals surface area contributed by atoms with Gasteiger partial charge in [-0.1, -0.05) is 12.1 Å². The number of amides is 1. The number of likely N-dealkylation sites (tertiary alicyclic amines) is 1. The molecule has 3 N–H and O–H groups in total. The Balaban J connectivity index is 1.47. The number of nitrogens with one attached hydrogen (secondary N) is 1. The van der Waals surface area contributed by atoms with Gasteiger partial charge in [0.15, 0.2) is 6.10 Å². The molecule has 1 amide bonds. The summed E-state index contributed by atoms with van der Waals surface area (Å²) in [5.74, 6) is 0.264. The minimum absolute atomic E-state index is 0.109. The van der Waals surface area contributed by atoms with Crippen LogP contribution in [0.4, 0.5) is 4.79 Å². The van der Waals surface area contributed by atoms with Crippen molar-refractivity contribution < 1.29 is 34.0 Å². The van der Waals surface area contributed by atoms with Gasteiger partial charge in [-0.15, -0.1) is 0 Å². The number of aliphatic hydroxyl groups excluding tert-OH is 1. The molecule has 2 aliphatic heterocycles. The van der Waals surface area contributed by atoms with Gasteiger partial charge in [-0.25, -0.2) is 9.59 Å². The van der Waals surface area contributed by atoms with Gasteiger partial charge < -0.3 is 34.6 Å². The molecule has 4 aliphatic rings. The van der Waals surface area contributed by atoms with Gasteiger partial charge in [0, 0.05) is 23.6 Å². The first-order valence-electron chi connectivity index (χ1n) is 12.2. The van der Waals surface area contributed by atoms with Crippen LogP contribution in [0, 0.1) is 0 Å². The number of hydrogen-bond donors (Lipinski definition) is 3. The highest BCUT2D eigenvalue weighted by molar-refractivity contribution is 5.82. The van der Waals surface area contributed by atoms with Crippen LogP contribution < -0.4 is 10.1 Å². The third kappa shape index (κ3) is 3.47. The van der Waals surface area contributed by atoms with Crippen LogP contribution in [0.1, 0.15) is 57.2 Å². The topological polar surface area (TPSA) is 118 Å². The summed E-state index contributed by atoms with van der Waals surface area (Å²) < 4.78 is 17.5. The van der Waals surface area contributed by atoms with Crippen molar-refractivity contribution in [2.75, 3.05) is 13.6 Å². The number of piperidine rings is 1. The average molecular weight is 487 g/mol. The van der Waals surface area contributed by atoms with Crippen LogP contribution >= 0.6 is 0 Å². The number of alkyl carbamates (subject to hydrolysis) is 1. The Hall–Kier alpha value is -2.62. The molecule has 0 unspecified atom stereocenters.